The Kier molecular flexibility index (Phi) is 47.3. The third-order valence-corrected chi connectivity index (χ3v) is 14.6. The predicted molar refractivity (Wildman–Crippen MR) is 297 cm³/mol. The van der Waals surface area contributed by atoms with Crippen LogP contribution in [0.25, 0.3) is 0 Å². The number of amides is 1. The Morgan fingerprint density at radius 3 is 1.35 bits per heavy atom. The first-order valence-electron chi connectivity index (χ1n) is 30.6. The van der Waals surface area contributed by atoms with Gasteiger partial charge in [0.05, 0.1) is 25.4 Å². The lowest BCUT2D eigenvalue weighted by atomic mass is 9.99. The first-order valence-corrected chi connectivity index (χ1v) is 30.6. The third-order valence-electron chi connectivity index (χ3n) is 14.6. The van der Waals surface area contributed by atoms with Gasteiger partial charge in [-0.2, -0.15) is 0 Å². The average Bonchev–Trinajstić information content (AvgIpc) is 3.38. The number of aliphatic hydroxyl groups is 5. The van der Waals surface area contributed by atoms with Crippen molar-refractivity contribution in [1.82, 2.24) is 5.32 Å². The number of esters is 1. The zero-order valence-corrected chi connectivity index (χ0v) is 46.8. The molecule has 424 valence electrons. The molecule has 11 nitrogen and oxygen atoms in total. The minimum absolute atomic E-state index is 0.122. The molecule has 0 radical (unpaired) electrons. The van der Waals surface area contributed by atoms with Gasteiger partial charge in [-0.1, -0.05) is 257 Å². The minimum Gasteiger partial charge on any atom is -0.454 e. The van der Waals surface area contributed by atoms with Gasteiger partial charge in [-0.05, 0) is 51.4 Å². The highest BCUT2D eigenvalue weighted by Crippen LogP contribution is 2.26. The fourth-order valence-corrected chi connectivity index (χ4v) is 9.71. The number of ether oxygens (including phenoxy) is 3. The summed E-state index contributed by atoms with van der Waals surface area (Å²) >= 11 is 0. The Balaban J connectivity index is 2.70. The van der Waals surface area contributed by atoms with Gasteiger partial charge >= 0.3 is 5.97 Å². The second-order valence-corrected chi connectivity index (χ2v) is 21.4. The zero-order valence-electron chi connectivity index (χ0n) is 46.8. The summed E-state index contributed by atoms with van der Waals surface area (Å²) in [4.78, 5) is 26.5. The Morgan fingerprint density at radius 2 is 0.917 bits per heavy atom. The second-order valence-electron chi connectivity index (χ2n) is 21.4. The quantitative estimate of drug-likeness (QED) is 0.0195. The van der Waals surface area contributed by atoms with Gasteiger partial charge in [0.15, 0.2) is 12.4 Å². The molecular weight excluding hydrogens is 907 g/mol. The van der Waals surface area contributed by atoms with Crippen LogP contribution in [0.4, 0.5) is 0 Å². The van der Waals surface area contributed by atoms with Gasteiger partial charge in [0.1, 0.15) is 24.4 Å². The summed E-state index contributed by atoms with van der Waals surface area (Å²) in [6.07, 6.45) is 46.4. The first kappa shape index (κ1) is 68.2. The largest absolute Gasteiger partial charge is 0.454 e. The van der Waals surface area contributed by atoms with E-state index in [-0.39, 0.29) is 13.0 Å². The molecule has 0 bridgehead atoms. The van der Waals surface area contributed by atoms with Crippen LogP contribution in [0.5, 0.6) is 0 Å². The monoisotopic (exact) mass is 1020 g/mol. The molecule has 1 aliphatic rings. The Hall–Kier alpha value is -1.86. The number of rotatable bonds is 52. The van der Waals surface area contributed by atoms with Gasteiger partial charge in [-0.3, -0.25) is 9.59 Å². The third kappa shape index (κ3) is 37.8. The van der Waals surface area contributed by atoms with Gasteiger partial charge in [-0.25, -0.2) is 0 Å². The van der Waals surface area contributed by atoms with Crippen molar-refractivity contribution in [2.75, 3.05) is 13.2 Å². The summed E-state index contributed by atoms with van der Waals surface area (Å²) in [5.74, 6) is -1.19. The number of carbonyl (C=O) groups is 2. The van der Waals surface area contributed by atoms with Crippen molar-refractivity contribution >= 4 is 11.9 Å². The number of unbranched alkanes of at least 4 members (excludes halogenated alkanes) is 36. The van der Waals surface area contributed by atoms with Crippen LogP contribution in [0, 0.1) is 0 Å². The first-order chi connectivity index (χ1) is 35.2. The van der Waals surface area contributed by atoms with Gasteiger partial charge < -0.3 is 45.1 Å². The molecule has 1 rings (SSSR count). The molecule has 0 aliphatic carbocycles. The smallest absolute Gasteiger partial charge is 0.306 e. The highest BCUT2D eigenvalue weighted by atomic mass is 16.7. The van der Waals surface area contributed by atoms with Crippen LogP contribution in [0.3, 0.4) is 0 Å². The second kappa shape index (κ2) is 50.0. The molecule has 0 saturated carbocycles. The SMILES string of the molecule is CCCCCCCC/C=C/CCCCCCCCCC(=O)OC1C(OCC(NC(=O)C(O)CCCCCCCCCCCCCCC)C(O)/C=C/CCCCCCCCCCCCC)OC(CO)C(O)C1O. The minimum atomic E-state index is -1.61. The van der Waals surface area contributed by atoms with Crippen LogP contribution < -0.4 is 5.32 Å². The van der Waals surface area contributed by atoms with Crippen molar-refractivity contribution in [2.45, 2.75) is 339 Å². The molecule has 1 amide bonds. The molecule has 0 aromatic heterocycles. The Labute approximate surface area is 441 Å². The lowest BCUT2D eigenvalue weighted by Gasteiger charge is -2.41. The molecule has 1 fully saturated rings. The number of allylic oxidation sites excluding steroid dienone is 3. The molecule has 8 atom stereocenters. The summed E-state index contributed by atoms with van der Waals surface area (Å²) in [6, 6.07) is -1.02. The van der Waals surface area contributed by atoms with E-state index >= 15 is 0 Å². The van der Waals surface area contributed by atoms with E-state index in [9.17, 15) is 35.1 Å². The fraction of sp³-hybridized carbons (Fsp3) is 0.902. The van der Waals surface area contributed by atoms with Gasteiger partial charge in [0.25, 0.3) is 0 Å². The van der Waals surface area contributed by atoms with Gasteiger partial charge in [-0.15, -0.1) is 0 Å². The molecule has 1 saturated heterocycles. The molecule has 0 spiro atoms. The zero-order chi connectivity index (χ0) is 52.5. The Bertz CT molecular complexity index is 1270. The van der Waals surface area contributed by atoms with Crippen molar-refractivity contribution in [3.05, 3.63) is 24.3 Å². The standard InChI is InChI=1S/C61H115NO10/c1-4-7-10-13-16-19-22-25-26-27-28-31-34-37-40-43-46-49-56(66)72-59-58(68)57(67)55(50-63)71-61(59)70-51-52(53(64)47-44-41-38-35-32-29-23-20-17-14-11-8-5-2)62-60(69)54(65)48-45-42-39-36-33-30-24-21-18-15-12-9-6-3/h25-26,44,47,52-55,57-59,61,63-65,67-68H,4-24,27-43,45-46,48-51H2,1-3H3,(H,62,69)/b26-25+,47-44+. The number of carbonyl (C=O) groups excluding carboxylic acids is 2. The average molecular weight is 1020 g/mol. The summed E-state index contributed by atoms with van der Waals surface area (Å²) in [7, 11) is 0. The van der Waals surface area contributed by atoms with Crippen LogP contribution in [0.2, 0.25) is 0 Å². The van der Waals surface area contributed by atoms with Crippen LogP contribution in [-0.4, -0.2) is 99.6 Å². The predicted octanol–water partition coefficient (Wildman–Crippen LogP) is 14.1. The Morgan fingerprint density at radius 1 is 0.528 bits per heavy atom. The van der Waals surface area contributed by atoms with E-state index in [1.165, 1.54) is 173 Å². The molecule has 11 heteroatoms. The van der Waals surface area contributed by atoms with E-state index < -0.39 is 67.4 Å². The fourth-order valence-electron chi connectivity index (χ4n) is 9.71. The molecule has 1 heterocycles. The summed E-state index contributed by atoms with van der Waals surface area (Å²) < 4.78 is 17.6. The molecule has 0 aromatic carbocycles. The number of nitrogens with one attached hydrogen (secondary N) is 1. The summed E-state index contributed by atoms with van der Waals surface area (Å²) in [5.41, 5.74) is 0. The van der Waals surface area contributed by atoms with Crippen LogP contribution in [0.15, 0.2) is 24.3 Å². The van der Waals surface area contributed by atoms with Crippen molar-refractivity contribution in [1.29, 1.82) is 0 Å². The van der Waals surface area contributed by atoms with E-state index in [1.54, 1.807) is 6.08 Å². The maximum Gasteiger partial charge on any atom is 0.306 e. The molecular formula is C61H115NO10. The maximum atomic E-state index is 13.4. The highest BCUT2D eigenvalue weighted by Gasteiger charge is 2.47. The lowest BCUT2D eigenvalue weighted by Crippen LogP contribution is -2.61. The van der Waals surface area contributed by atoms with Crippen molar-refractivity contribution in [3.63, 3.8) is 0 Å². The normalized spacial score (nSPS) is 19.6. The molecule has 6 N–H and O–H groups in total. The van der Waals surface area contributed by atoms with Gasteiger partial charge in [0.2, 0.25) is 5.91 Å². The summed E-state index contributed by atoms with van der Waals surface area (Å²) in [5, 5.41) is 56.9. The molecule has 8 unspecified atom stereocenters. The van der Waals surface area contributed by atoms with Crippen LogP contribution in [-0.2, 0) is 23.8 Å². The summed E-state index contributed by atoms with van der Waals surface area (Å²) in [6.45, 7) is 5.80. The molecule has 1 aliphatic heterocycles. The van der Waals surface area contributed by atoms with Gasteiger partial charge in [0, 0.05) is 6.42 Å². The highest BCUT2D eigenvalue weighted by molar-refractivity contribution is 5.80. The van der Waals surface area contributed by atoms with E-state index in [0.717, 1.165) is 70.6 Å². The van der Waals surface area contributed by atoms with E-state index in [2.05, 4.69) is 38.2 Å². The maximum absolute atomic E-state index is 13.4. The topological polar surface area (TPSA) is 175 Å². The molecule has 0 aromatic rings. The van der Waals surface area contributed by atoms with Crippen LogP contribution in [0.1, 0.15) is 290 Å². The number of hydrogen-bond acceptors (Lipinski definition) is 10. The van der Waals surface area contributed by atoms with E-state index in [4.69, 9.17) is 14.2 Å². The van der Waals surface area contributed by atoms with Crippen molar-refractivity contribution in [3.8, 4) is 0 Å². The number of aliphatic hydroxyl groups excluding tert-OH is 5. The van der Waals surface area contributed by atoms with E-state index in [1.807, 2.05) is 6.08 Å². The van der Waals surface area contributed by atoms with Crippen LogP contribution >= 0.6 is 0 Å². The lowest BCUT2D eigenvalue weighted by molar-refractivity contribution is -0.305. The van der Waals surface area contributed by atoms with Crippen molar-refractivity contribution < 1.29 is 49.3 Å². The van der Waals surface area contributed by atoms with E-state index in [0.29, 0.717) is 19.3 Å². The number of hydrogen-bond donors (Lipinski definition) is 6. The van der Waals surface area contributed by atoms with Crippen molar-refractivity contribution in [2.24, 2.45) is 0 Å². The molecule has 72 heavy (non-hydrogen) atoms.